The van der Waals surface area contributed by atoms with Crippen LogP contribution in [0.4, 0.5) is 13.2 Å². The number of aliphatic hydroxyl groups is 1. The zero-order chi connectivity index (χ0) is 14.3. The normalized spacial score (nSPS) is 15.2. The SMILES string of the molecule is OC(c1ccc2c(c1)CCC2)c1c(F)cc(F)cc1F. The van der Waals surface area contributed by atoms with Crippen molar-refractivity contribution in [3.63, 3.8) is 0 Å². The van der Waals surface area contributed by atoms with E-state index in [1.807, 2.05) is 6.07 Å². The van der Waals surface area contributed by atoms with Gasteiger partial charge in [0.15, 0.2) is 0 Å². The Kier molecular flexibility index (Phi) is 3.26. The Bertz CT molecular complexity index is 644. The molecule has 3 rings (SSSR count). The number of hydrogen-bond acceptors (Lipinski definition) is 1. The van der Waals surface area contributed by atoms with Gasteiger partial charge in [-0.05, 0) is 36.0 Å². The zero-order valence-electron chi connectivity index (χ0n) is 10.7. The van der Waals surface area contributed by atoms with Crippen molar-refractivity contribution in [2.45, 2.75) is 25.4 Å². The summed E-state index contributed by atoms with van der Waals surface area (Å²) in [5.41, 5.74) is 2.23. The lowest BCUT2D eigenvalue weighted by atomic mass is 9.97. The highest BCUT2D eigenvalue weighted by Crippen LogP contribution is 2.31. The lowest BCUT2D eigenvalue weighted by molar-refractivity contribution is 0.208. The molecule has 1 unspecified atom stereocenters. The molecule has 1 N–H and O–H groups in total. The molecule has 0 fully saturated rings. The van der Waals surface area contributed by atoms with Crippen LogP contribution in [0.1, 0.15) is 34.8 Å². The third-order valence-electron chi connectivity index (χ3n) is 3.76. The second kappa shape index (κ2) is 4.94. The number of aryl methyl sites for hydroxylation is 2. The van der Waals surface area contributed by atoms with Crippen LogP contribution in [0.5, 0.6) is 0 Å². The molecule has 1 nitrogen and oxygen atoms in total. The van der Waals surface area contributed by atoms with E-state index in [0.29, 0.717) is 17.7 Å². The van der Waals surface area contributed by atoms with Crippen molar-refractivity contribution in [1.82, 2.24) is 0 Å². The van der Waals surface area contributed by atoms with E-state index in [1.54, 1.807) is 12.1 Å². The van der Waals surface area contributed by atoms with Gasteiger partial charge in [-0.3, -0.25) is 0 Å². The molecule has 0 radical (unpaired) electrons. The predicted octanol–water partition coefficient (Wildman–Crippen LogP) is 3.67. The van der Waals surface area contributed by atoms with Gasteiger partial charge in [0, 0.05) is 12.1 Å². The van der Waals surface area contributed by atoms with Gasteiger partial charge in [0.05, 0.1) is 5.56 Å². The molecule has 1 atom stereocenters. The fourth-order valence-electron chi connectivity index (χ4n) is 2.74. The summed E-state index contributed by atoms with van der Waals surface area (Å²) in [7, 11) is 0. The van der Waals surface area contributed by atoms with Crippen LogP contribution < -0.4 is 0 Å². The zero-order valence-corrected chi connectivity index (χ0v) is 10.7. The second-order valence-electron chi connectivity index (χ2n) is 5.07. The molecule has 4 heteroatoms. The highest BCUT2D eigenvalue weighted by molar-refractivity contribution is 5.39. The molecule has 0 aliphatic heterocycles. The minimum Gasteiger partial charge on any atom is -0.383 e. The summed E-state index contributed by atoms with van der Waals surface area (Å²) in [5.74, 6) is -3.14. The second-order valence-corrected chi connectivity index (χ2v) is 5.07. The van der Waals surface area contributed by atoms with Crippen molar-refractivity contribution >= 4 is 0 Å². The Hall–Kier alpha value is -1.81. The molecule has 0 spiro atoms. The first-order valence-corrected chi connectivity index (χ1v) is 6.50. The molecule has 1 aliphatic carbocycles. The molecule has 0 amide bonds. The van der Waals surface area contributed by atoms with Gasteiger partial charge in [0.1, 0.15) is 23.6 Å². The van der Waals surface area contributed by atoms with Crippen LogP contribution in [0.25, 0.3) is 0 Å². The molecule has 2 aromatic carbocycles. The average Bonchev–Trinajstić information content (AvgIpc) is 2.84. The fourth-order valence-corrected chi connectivity index (χ4v) is 2.74. The van der Waals surface area contributed by atoms with Crippen molar-refractivity contribution in [2.75, 3.05) is 0 Å². The topological polar surface area (TPSA) is 20.2 Å². The first kappa shape index (κ1) is 13.2. The largest absolute Gasteiger partial charge is 0.383 e. The third kappa shape index (κ3) is 2.20. The average molecular weight is 278 g/mol. The number of benzene rings is 2. The van der Waals surface area contributed by atoms with E-state index in [2.05, 4.69) is 0 Å². The summed E-state index contributed by atoms with van der Waals surface area (Å²) in [5, 5.41) is 10.2. The lowest BCUT2D eigenvalue weighted by Crippen LogP contribution is -2.07. The molecule has 0 aromatic heterocycles. The summed E-state index contributed by atoms with van der Waals surface area (Å²) in [6.45, 7) is 0. The molecule has 0 saturated heterocycles. The fraction of sp³-hybridized carbons (Fsp3) is 0.250. The Balaban J connectivity index is 2.03. The summed E-state index contributed by atoms with van der Waals surface area (Å²) in [6, 6.07) is 6.47. The first-order chi connectivity index (χ1) is 9.56. The monoisotopic (exact) mass is 278 g/mol. The first-order valence-electron chi connectivity index (χ1n) is 6.50. The van der Waals surface area contributed by atoms with Crippen molar-refractivity contribution in [3.8, 4) is 0 Å². The van der Waals surface area contributed by atoms with E-state index in [0.717, 1.165) is 24.8 Å². The van der Waals surface area contributed by atoms with Crippen molar-refractivity contribution < 1.29 is 18.3 Å². The van der Waals surface area contributed by atoms with Crippen LogP contribution in [0, 0.1) is 17.5 Å². The summed E-state index contributed by atoms with van der Waals surface area (Å²) < 4.78 is 40.3. The van der Waals surface area contributed by atoms with Gasteiger partial charge < -0.3 is 5.11 Å². The van der Waals surface area contributed by atoms with Crippen LogP contribution in [0.2, 0.25) is 0 Å². The van der Waals surface area contributed by atoms with E-state index in [-0.39, 0.29) is 0 Å². The van der Waals surface area contributed by atoms with Gasteiger partial charge >= 0.3 is 0 Å². The number of fused-ring (bicyclic) bond motifs is 1. The van der Waals surface area contributed by atoms with Crippen molar-refractivity contribution in [2.24, 2.45) is 0 Å². The standard InChI is InChI=1S/C16H13F3O/c17-12-7-13(18)15(14(19)8-12)16(20)11-5-4-9-2-1-3-10(9)6-11/h4-8,16,20H,1-3H2. The van der Waals surface area contributed by atoms with Gasteiger partial charge in [0.2, 0.25) is 0 Å². The Morgan fingerprint density at radius 3 is 2.25 bits per heavy atom. The predicted molar refractivity (Wildman–Crippen MR) is 68.8 cm³/mol. The van der Waals surface area contributed by atoms with E-state index < -0.39 is 29.1 Å². The highest BCUT2D eigenvalue weighted by Gasteiger charge is 2.22. The number of aliphatic hydroxyl groups excluding tert-OH is 1. The molecule has 20 heavy (non-hydrogen) atoms. The molecule has 1 aliphatic rings. The van der Waals surface area contributed by atoms with Crippen LogP contribution >= 0.6 is 0 Å². The maximum Gasteiger partial charge on any atom is 0.135 e. The Morgan fingerprint density at radius 1 is 0.900 bits per heavy atom. The van der Waals surface area contributed by atoms with Gasteiger partial charge in [-0.25, -0.2) is 13.2 Å². The van der Waals surface area contributed by atoms with E-state index in [4.69, 9.17) is 0 Å². The summed E-state index contributed by atoms with van der Waals surface area (Å²) in [6.07, 6.45) is 1.52. The van der Waals surface area contributed by atoms with Gasteiger partial charge in [-0.1, -0.05) is 18.2 Å². The lowest BCUT2D eigenvalue weighted by Gasteiger charge is -2.15. The number of halogens is 3. The minimum absolute atomic E-state index is 0.426. The molecule has 2 aromatic rings. The number of hydrogen-bond donors (Lipinski definition) is 1. The molecular weight excluding hydrogens is 265 g/mol. The highest BCUT2D eigenvalue weighted by atomic mass is 19.1. The molecule has 0 bridgehead atoms. The van der Waals surface area contributed by atoms with Gasteiger partial charge in [0.25, 0.3) is 0 Å². The molecular formula is C16H13F3O. The van der Waals surface area contributed by atoms with Crippen LogP contribution in [0.3, 0.4) is 0 Å². The summed E-state index contributed by atoms with van der Waals surface area (Å²) in [4.78, 5) is 0. The van der Waals surface area contributed by atoms with Crippen molar-refractivity contribution in [3.05, 3.63) is 70.0 Å². The minimum atomic E-state index is -1.43. The van der Waals surface area contributed by atoms with E-state index in [1.165, 1.54) is 5.56 Å². The summed E-state index contributed by atoms with van der Waals surface area (Å²) >= 11 is 0. The quantitative estimate of drug-likeness (QED) is 0.888. The van der Waals surface area contributed by atoms with Crippen LogP contribution in [-0.2, 0) is 12.8 Å². The van der Waals surface area contributed by atoms with E-state index in [9.17, 15) is 18.3 Å². The van der Waals surface area contributed by atoms with Crippen LogP contribution in [0.15, 0.2) is 30.3 Å². The molecule has 0 saturated carbocycles. The van der Waals surface area contributed by atoms with Gasteiger partial charge in [-0.2, -0.15) is 0 Å². The maximum absolute atomic E-state index is 13.7. The smallest absolute Gasteiger partial charge is 0.135 e. The molecule has 0 heterocycles. The van der Waals surface area contributed by atoms with E-state index >= 15 is 0 Å². The number of rotatable bonds is 2. The van der Waals surface area contributed by atoms with Crippen molar-refractivity contribution in [1.29, 1.82) is 0 Å². The molecule has 104 valence electrons. The van der Waals surface area contributed by atoms with Crippen LogP contribution in [-0.4, -0.2) is 5.11 Å². The maximum atomic E-state index is 13.7. The Labute approximate surface area is 114 Å². The third-order valence-corrected chi connectivity index (χ3v) is 3.76. The Morgan fingerprint density at radius 2 is 1.55 bits per heavy atom. The van der Waals surface area contributed by atoms with Gasteiger partial charge in [-0.15, -0.1) is 0 Å².